The highest BCUT2D eigenvalue weighted by molar-refractivity contribution is 7.89. The Morgan fingerprint density at radius 2 is 1.81 bits per heavy atom. The van der Waals surface area contributed by atoms with Gasteiger partial charge in [-0.1, -0.05) is 16.6 Å². The second kappa shape index (κ2) is 8.73. The molecule has 0 aliphatic carbocycles. The van der Waals surface area contributed by atoms with Crippen LogP contribution in [0.1, 0.15) is 21.6 Å². The molecule has 0 radical (unpaired) electrons. The standard InChI is InChI=1S/C20H19F3N4O4S/c1-13-10-18(27(25-13)16-8-5-7-15(12-16)20(21,22)23)24-19(28)14-6-4-9-17(11-14)32(29,30)26(2)31-3/h4-12H,1-3H3,(H,24,28). The van der Waals surface area contributed by atoms with E-state index < -0.39 is 27.7 Å². The van der Waals surface area contributed by atoms with Gasteiger partial charge in [0.25, 0.3) is 15.9 Å². The summed E-state index contributed by atoms with van der Waals surface area (Å²) in [6, 6.07) is 11.2. The molecule has 0 saturated carbocycles. The third-order valence-electron chi connectivity index (χ3n) is 4.48. The highest BCUT2D eigenvalue weighted by atomic mass is 32.2. The van der Waals surface area contributed by atoms with Crippen molar-refractivity contribution in [2.45, 2.75) is 18.0 Å². The highest BCUT2D eigenvalue weighted by Gasteiger charge is 2.31. The Hall–Kier alpha value is -3.22. The molecule has 12 heteroatoms. The average molecular weight is 468 g/mol. The molecule has 0 fully saturated rings. The first-order valence-electron chi connectivity index (χ1n) is 9.12. The number of amides is 1. The highest BCUT2D eigenvalue weighted by Crippen LogP contribution is 2.31. The molecule has 0 spiro atoms. The fourth-order valence-corrected chi connectivity index (χ4v) is 3.85. The predicted molar refractivity (Wildman–Crippen MR) is 110 cm³/mol. The maximum atomic E-state index is 13.1. The predicted octanol–water partition coefficient (Wildman–Crippen LogP) is 3.63. The molecule has 1 amide bonds. The van der Waals surface area contributed by atoms with E-state index in [2.05, 4.69) is 10.4 Å². The van der Waals surface area contributed by atoms with E-state index in [1.807, 2.05) is 0 Å². The molecule has 170 valence electrons. The number of aromatic nitrogens is 2. The third kappa shape index (κ3) is 4.82. The van der Waals surface area contributed by atoms with Crippen LogP contribution < -0.4 is 5.32 Å². The summed E-state index contributed by atoms with van der Waals surface area (Å²) in [6.45, 7) is 1.62. The van der Waals surface area contributed by atoms with Gasteiger partial charge < -0.3 is 5.32 Å². The molecule has 3 rings (SSSR count). The van der Waals surface area contributed by atoms with E-state index in [-0.39, 0.29) is 22.0 Å². The Morgan fingerprint density at radius 1 is 1.12 bits per heavy atom. The Bertz CT molecular complexity index is 1260. The van der Waals surface area contributed by atoms with Crippen molar-refractivity contribution in [3.63, 3.8) is 0 Å². The second-order valence-electron chi connectivity index (χ2n) is 6.71. The summed E-state index contributed by atoms with van der Waals surface area (Å²) in [5, 5.41) is 6.72. The Balaban J connectivity index is 1.94. The van der Waals surface area contributed by atoms with Crippen molar-refractivity contribution in [2.24, 2.45) is 0 Å². The van der Waals surface area contributed by atoms with Gasteiger partial charge in [0.1, 0.15) is 5.82 Å². The van der Waals surface area contributed by atoms with Crippen molar-refractivity contribution >= 4 is 21.7 Å². The molecule has 0 aliphatic rings. The zero-order valence-corrected chi connectivity index (χ0v) is 18.0. The fourth-order valence-electron chi connectivity index (χ4n) is 2.83. The number of carbonyl (C=O) groups excluding carboxylic acids is 1. The smallest absolute Gasteiger partial charge is 0.306 e. The number of hydrogen-bond donors (Lipinski definition) is 1. The number of hydroxylamine groups is 1. The van der Waals surface area contributed by atoms with Crippen LogP contribution in [-0.2, 0) is 21.0 Å². The van der Waals surface area contributed by atoms with Crippen LogP contribution in [0.5, 0.6) is 0 Å². The number of nitrogens with zero attached hydrogens (tertiary/aromatic N) is 3. The Labute approximate surface area is 182 Å². The summed E-state index contributed by atoms with van der Waals surface area (Å²) in [4.78, 5) is 17.3. The maximum Gasteiger partial charge on any atom is 0.416 e. The van der Waals surface area contributed by atoms with E-state index in [1.54, 1.807) is 6.92 Å². The second-order valence-corrected chi connectivity index (χ2v) is 8.65. The van der Waals surface area contributed by atoms with E-state index in [4.69, 9.17) is 4.84 Å². The quantitative estimate of drug-likeness (QED) is 0.558. The van der Waals surface area contributed by atoms with Crippen molar-refractivity contribution in [1.29, 1.82) is 0 Å². The van der Waals surface area contributed by atoms with Gasteiger partial charge in [-0.3, -0.25) is 9.63 Å². The molecule has 0 bridgehead atoms. The molecule has 0 aliphatic heterocycles. The lowest BCUT2D eigenvalue weighted by Crippen LogP contribution is -2.26. The van der Waals surface area contributed by atoms with Gasteiger partial charge >= 0.3 is 6.18 Å². The minimum absolute atomic E-state index is 0.0185. The number of hydrogen-bond acceptors (Lipinski definition) is 5. The molecule has 3 aromatic rings. The van der Waals surface area contributed by atoms with Gasteiger partial charge in [0.05, 0.1) is 29.0 Å². The van der Waals surface area contributed by atoms with Gasteiger partial charge in [0, 0.05) is 18.7 Å². The van der Waals surface area contributed by atoms with E-state index in [1.165, 1.54) is 55.2 Å². The van der Waals surface area contributed by atoms with Crippen LogP contribution in [0, 0.1) is 6.92 Å². The summed E-state index contributed by atoms with van der Waals surface area (Å²) < 4.78 is 65.9. The third-order valence-corrected chi connectivity index (χ3v) is 6.16. The first-order chi connectivity index (χ1) is 14.9. The zero-order chi connectivity index (χ0) is 23.7. The maximum absolute atomic E-state index is 13.1. The molecule has 0 unspecified atom stereocenters. The van der Waals surface area contributed by atoms with Crippen LogP contribution in [0.25, 0.3) is 5.69 Å². The van der Waals surface area contributed by atoms with Crippen LogP contribution >= 0.6 is 0 Å². The topological polar surface area (TPSA) is 93.5 Å². The number of benzene rings is 2. The molecule has 8 nitrogen and oxygen atoms in total. The summed E-state index contributed by atoms with van der Waals surface area (Å²) in [7, 11) is -1.58. The van der Waals surface area contributed by atoms with Gasteiger partial charge in [-0.2, -0.15) is 18.3 Å². The normalized spacial score (nSPS) is 12.2. The Kier molecular flexibility index (Phi) is 6.39. The van der Waals surface area contributed by atoms with Crippen molar-refractivity contribution < 1.29 is 31.2 Å². The van der Waals surface area contributed by atoms with Crippen molar-refractivity contribution in [3.05, 3.63) is 71.4 Å². The number of carbonyl (C=O) groups is 1. The van der Waals surface area contributed by atoms with E-state index in [9.17, 15) is 26.4 Å². The molecule has 1 N–H and O–H groups in total. The van der Waals surface area contributed by atoms with Gasteiger partial charge in [-0.15, -0.1) is 0 Å². The Morgan fingerprint density at radius 3 is 2.47 bits per heavy atom. The largest absolute Gasteiger partial charge is 0.416 e. The average Bonchev–Trinajstić information content (AvgIpc) is 3.12. The number of alkyl halides is 3. The summed E-state index contributed by atoms with van der Waals surface area (Å²) in [6.07, 6.45) is -4.54. The van der Waals surface area contributed by atoms with E-state index in [0.29, 0.717) is 10.2 Å². The van der Waals surface area contributed by atoms with Crippen LogP contribution in [0.3, 0.4) is 0 Å². The van der Waals surface area contributed by atoms with Crippen molar-refractivity contribution in [3.8, 4) is 5.69 Å². The molecule has 2 aromatic carbocycles. The van der Waals surface area contributed by atoms with Gasteiger partial charge in [-0.05, 0) is 43.3 Å². The minimum atomic E-state index is -4.54. The molecular weight excluding hydrogens is 449 g/mol. The molecule has 0 atom stereocenters. The van der Waals surface area contributed by atoms with Gasteiger partial charge in [0.2, 0.25) is 0 Å². The van der Waals surface area contributed by atoms with Gasteiger partial charge in [-0.25, -0.2) is 13.1 Å². The van der Waals surface area contributed by atoms with Crippen LogP contribution in [0.4, 0.5) is 19.0 Å². The molecule has 1 heterocycles. The van der Waals surface area contributed by atoms with E-state index in [0.717, 1.165) is 18.2 Å². The number of nitrogens with one attached hydrogen (secondary N) is 1. The lowest BCUT2D eigenvalue weighted by molar-refractivity contribution is -0.137. The van der Waals surface area contributed by atoms with Gasteiger partial charge in [0.15, 0.2) is 0 Å². The lowest BCUT2D eigenvalue weighted by Gasteiger charge is -2.15. The monoisotopic (exact) mass is 468 g/mol. The summed E-state index contributed by atoms with van der Waals surface area (Å²) in [5.74, 6) is -0.552. The fraction of sp³-hybridized carbons (Fsp3) is 0.200. The summed E-state index contributed by atoms with van der Waals surface area (Å²) in [5.41, 5.74) is -0.289. The van der Waals surface area contributed by atoms with E-state index >= 15 is 0 Å². The SMILES string of the molecule is CON(C)S(=O)(=O)c1cccc(C(=O)Nc2cc(C)nn2-c2cccc(C(F)(F)F)c2)c1. The molecule has 1 aromatic heterocycles. The van der Waals surface area contributed by atoms with Crippen LogP contribution in [0.2, 0.25) is 0 Å². The van der Waals surface area contributed by atoms with Crippen LogP contribution in [-0.4, -0.2) is 42.7 Å². The minimum Gasteiger partial charge on any atom is -0.306 e. The number of sulfonamides is 1. The first-order valence-corrected chi connectivity index (χ1v) is 10.6. The van der Waals surface area contributed by atoms with Crippen LogP contribution in [0.15, 0.2) is 59.5 Å². The zero-order valence-electron chi connectivity index (χ0n) is 17.2. The number of anilines is 1. The summed E-state index contributed by atoms with van der Waals surface area (Å²) >= 11 is 0. The number of aryl methyl sites for hydroxylation is 1. The van der Waals surface area contributed by atoms with Crippen molar-refractivity contribution in [2.75, 3.05) is 19.5 Å². The molecule has 32 heavy (non-hydrogen) atoms. The molecule has 0 saturated heterocycles. The lowest BCUT2D eigenvalue weighted by atomic mass is 10.2. The first kappa shape index (κ1) is 23.4. The number of halogens is 3. The number of rotatable bonds is 6. The van der Waals surface area contributed by atoms with Crippen molar-refractivity contribution in [1.82, 2.24) is 14.2 Å². The molecular formula is C20H19F3N4O4S.